The molecule has 0 bridgehead atoms. The van der Waals surface area contributed by atoms with Crippen LogP contribution in [0.2, 0.25) is 0 Å². The van der Waals surface area contributed by atoms with E-state index in [1.54, 1.807) is 0 Å². The molecule has 0 atom stereocenters. The Morgan fingerprint density at radius 2 is 1.56 bits per heavy atom. The zero-order valence-corrected chi connectivity index (χ0v) is 9.03. The minimum atomic E-state index is 0.917. The number of fused-ring (bicyclic) bond motifs is 2. The quantitative estimate of drug-likeness (QED) is 0.688. The topological polar surface area (TPSA) is 12.0 Å². The van der Waals surface area contributed by atoms with Crippen molar-refractivity contribution in [3.8, 4) is 0 Å². The highest BCUT2D eigenvalue weighted by molar-refractivity contribution is 5.83. The second-order valence-corrected chi connectivity index (χ2v) is 4.11. The minimum absolute atomic E-state index is 0.917. The van der Waals surface area contributed by atoms with E-state index in [0.717, 1.165) is 12.1 Å². The molecule has 1 aliphatic rings. The molecule has 16 heavy (non-hydrogen) atoms. The van der Waals surface area contributed by atoms with Gasteiger partial charge in [-0.2, -0.15) is 0 Å². The van der Waals surface area contributed by atoms with Gasteiger partial charge in [0.15, 0.2) is 0 Å². The molecule has 0 saturated heterocycles. The average molecular weight is 207 g/mol. The molecule has 78 valence electrons. The summed E-state index contributed by atoms with van der Waals surface area (Å²) in [5, 5.41) is 3.47. The van der Waals surface area contributed by atoms with Crippen LogP contribution >= 0.6 is 0 Å². The zero-order valence-electron chi connectivity index (χ0n) is 9.03. The number of rotatable bonds is 0. The second kappa shape index (κ2) is 3.53. The van der Waals surface area contributed by atoms with E-state index in [4.69, 9.17) is 0 Å². The van der Waals surface area contributed by atoms with Crippen LogP contribution in [0.25, 0.3) is 5.57 Å². The predicted octanol–water partition coefficient (Wildman–Crippen LogP) is 4.00. The number of hydrogen-bond acceptors (Lipinski definition) is 1. The first-order chi connectivity index (χ1) is 7.84. The summed E-state index contributed by atoms with van der Waals surface area (Å²) in [6.07, 6.45) is 0.917. The van der Waals surface area contributed by atoms with Gasteiger partial charge in [0.1, 0.15) is 0 Å². The van der Waals surface area contributed by atoms with E-state index in [1.807, 2.05) is 6.07 Å². The largest absolute Gasteiger partial charge is 0.355 e. The molecule has 2 aromatic rings. The number of allylic oxidation sites excluding steroid dienone is 1. The summed E-state index contributed by atoms with van der Waals surface area (Å²) >= 11 is 0. The summed E-state index contributed by atoms with van der Waals surface area (Å²) in [7, 11) is 0. The molecule has 0 radical (unpaired) electrons. The van der Waals surface area contributed by atoms with Crippen LogP contribution in [0.3, 0.4) is 0 Å². The summed E-state index contributed by atoms with van der Waals surface area (Å²) in [5.74, 6) is 0. The molecular formula is C15H13N. The molecule has 0 amide bonds. The van der Waals surface area contributed by atoms with Gasteiger partial charge in [-0.25, -0.2) is 0 Å². The standard InChI is InChI=1S/C15H13N/c1-11-10-12-6-2-4-8-14(12)16-15-9-5-3-7-13(11)15/h2-9,16H,1,10H2. The fraction of sp³-hybridized carbons (Fsp3) is 0.0667. The van der Waals surface area contributed by atoms with E-state index in [9.17, 15) is 0 Å². The first-order valence-corrected chi connectivity index (χ1v) is 5.47. The van der Waals surface area contributed by atoms with Crippen LogP contribution in [0.1, 0.15) is 11.1 Å². The maximum Gasteiger partial charge on any atom is 0.0460 e. The fourth-order valence-electron chi connectivity index (χ4n) is 2.17. The van der Waals surface area contributed by atoms with Crippen molar-refractivity contribution < 1.29 is 0 Å². The van der Waals surface area contributed by atoms with E-state index in [1.165, 1.54) is 22.4 Å². The van der Waals surface area contributed by atoms with Gasteiger partial charge in [0.2, 0.25) is 0 Å². The minimum Gasteiger partial charge on any atom is -0.355 e. The van der Waals surface area contributed by atoms with Crippen molar-refractivity contribution in [2.24, 2.45) is 0 Å². The van der Waals surface area contributed by atoms with Crippen molar-refractivity contribution in [3.63, 3.8) is 0 Å². The smallest absolute Gasteiger partial charge is 0.0460 e. The lowest BCUT2D eigenvalue weighted by atomic mass is 10.00. The number of hydrogen-bond donors (Lipinski definition) is 1. The average Bonchev–Trinajstić information content (AvgIpc) is 2.45. The van der Waals surface area contributed by atoms with Gasteiger partial charge in [-0.05, 0) is 29.7 Å². The second-order valence-electron chi connectivity index (χ2n) is 4.11. The van der Waals surface area contributed by atoms with Gasteiger partial charge in [-0.3, -0.25) is 0 Å². The molecule has 3 rings (SSSR count). The first-order valence-electron chi connectivity index (χ1n) is 5.47. The Bertz CT molecular complexity index is 555. The van der Waals surface area contributed by atoms with Gasteiger partial charge >= 0.3 is 0 Å². The van der Waals surface area contributed by atoms with Crippen molar-refractivity contribution >= 4 is 16.9 Å². The summed E-state index contributed by atoms with van der Waals surface area (Å²) in [6.45, 7) is 4.17. The summed E-state index contributed by atoms with van der Waals surface area (Å²) in [6, 6.07) is 16.7. The Labute approximate surface area is 95.4 Å². The van der Waals surface area contributed by atoms with E-state index < -0.39 is 0 Å². The van der Waals surface area contributed by atoms with Crippen LogP contribution in [-0.4, -0.2) is 0 Å². The monoisotopic (exact) mass is 207 g/mol. The highest BCUT2D eigenvalue weighted by Crippen LogP contribution is 2.34. The molecular weight excluding hydrogens is 194 g/mol. The third-order valence-corrected chi connectivity index (χ3v) is 3.00. The lowest BCUT2D eigenvalue weighted by Crippen LogP contribution is -1.92. The molecule has 0 saturated carbocycles. The number of benzene rings is 2. The molecule has 1 aliphatic heterocycles. The predicted molar refractivity (Wildman–Crippen MR) is 68.9 cm³/mol. The molecule has 2 aromatic carbocycles. The van der Waals surface area contributed by atoms with Crippen LogP contribution in [-0.2, 0) is 6.42 Å². The molecule has 0 spiro atoms. The summed E-state index contributed by atoms with van der Waals surface area (Å²) in [4.78, 5) is 0. The van der Waals surface area contributed by atoms with Crippen LogP contribution in [0, 0.1) is 0 Å². The molecule has 1 nitrogen and oxygen atoms in total. The van der Waals surface area contributed by atoms with Crippen molar-refractivity contribution in [1.29, 1.82) is 0 Å². The third kappa shape index (κ3) is 1.41. The molecule has 0 aliphatic carbocycles. The Morgan fingerprint density at radius 3 is 2.44 bits per heavy atom. The van der Waals surface area contributed by atoms with Crippen LogP contribution in [0.5, 0.6) is 0 Å². The van der Waals surface area contributed by atoms with Gasteiger partial charge in [0.05, 0.1) is 0 Å². The Kier molecular flexibility index (Phi) is 2.03. The number of para-hydroxylation sites is 2. The van der Waals surface area contributed by atoms with Gasteiger partial charge in [-0.15, -0.1) is 0 Å². The Morgan fingerprint density at radius 1 is 0.875 bits per heavy atom. The highest BCUT2D eigenvalue weighted by atomic mass is 14.9. The Hall–Kier alpha value is -2.02. The van der Waals surface area contributed by atoms with Crippen molar-refractivity contribution in [3.05, 3.63) is 66.2 Å². The molecule has 1 N–H and O–H groups in total. The van der Waals surface area contributed by atoms with E-state index >= 15 is 0 Å². The highest BCUT2D eigenvalue weighted by Gasteiger charge is 2.13. The van der Waals surface area contributed by atoms with Gasteiger partial charge in [0.25, 0.3) is 0 Å². The van der Waals surface area contributed by atoms with Gasteiger partial charge < -0.3 is 5.32 Å². The fourth-order valence-corrected chi connectivity index (χ4v) is 2.17. The number of nitrogens with one attached hydrogen (secondary N) is 1. The van der Waals surface area contributed by atoms with Crippen LogP contribution < -0.4 is 5.32 Å². The molecule has 0 aromatic heterocycles. The first kappa shape index (κ1) is 9.22. The lowest BCUT2D eigenvalue weighted by Gasteiger charge is -2.08. The van der Waals surface area contributed by atoms with E-state index in [0.29, 0.717) is 0 Å². The molecule has 1 heterocycles. The lowest BCUT2D eigenvalue weighted by molar-refractivity contribution is 1.31. The molecule has 1 heteroatoms. The maximum atomic E-state index is 4.17. The van der Waals surface area contributed by atoms with Crippen molar-refractivity contribution in [2.75, 3.05) is 5.32 Å². The summed E-state index contributed by atoms with van der Waals surface area (Å²) in [5.41, 5.74) is 6.04. The SMILES string of the molecule is C=C1Cc2ccccc2Nc2ccccc21. The Balaban J connectivity index is 2.18. The number of anilines is 2. The van der Waals surface area contributed by atoms with E-state index in [2.05, 4.69) is 54.4 Å². The maximum absolute atomic E-state index is 4.17. The van der Waals surface area contributed by atoms with Crippen molar-refractivity contribution in [2.45, 2.75) is 6.42 Å². The third-order valence-electron chi connectivity index (χ3n) is 3.00. The van der Waals surface area contributed by atoms with Gasteiger partial charge in [-0.1, -0.05) is 43.0 Å². The molecule has 0 fully saturated rings. The normalized spacial score (nSPS) is 13.4. The zero-order chi connectivity index (χ0) is 11.0. The molecule has 0 unspecified atom stereocenters. The van der Waals surface area contributed by atoms with Crippen LogP contribution in [0.15, 0.2) is 55.1 Å². The van der Waals surface area contributed by atoms with E-state index in [-0.39, 0.29) is 0 Å². The summed E-state index contributed by atoms with van der Waals surface area (Å²) < 4.78 is 0. The van der Waals surface area contributed by atoms with Crippen LogP contribution in [0.4, 0.5) is 11.4 Å². The van der Waals surface area contributed by atoms with Crippen molar-refractivity contribution in [1.82, 2.24) is 0 Å². The van der Waals surface area contributed by atoms with Gasteiger partial charge in [0, 0.05) is 16.9 Å².